The van der Waals surface area contributed by atoms with E-state index in [0.29, 0.717) is 0 Å². The molecular weight excluding hydrogens is 164 g/mol. The van der Waals surface area contributed by atoms with Crippen LogP contribution in [-0.2, 0) is 9.59 Å². The Morgan fingerprint density at radius 1 is 1.31 bits per heavy atom. The molecule has 0 aromatic heterocycles. The van der Waals surface area contributed by atoms with Gasteiger partial charge in [-0.3, -0.25) is 9.59 Å². The summed E-state index contributed by atoms with van der Waals surface area (Å²) in [7, 11) is 0. The average molecular weight is 178 g/mol. The van der Waals surface area contributed by atoms with Crippen LogP contribution >= 0.6 is 0 Å². The largest absolute Gasteiger partial charge is 0.299 e. The van der Waals surface area contributed by atoms with Crippen molar-refractivity contribution < 1.29 is 9.59 Å². The smallest absolute Gasteiger partial charge is 0.144 e. The molecule has 0 spiro atoms. The molecule has 0 saturated heterocycles. The third kappa shape index (κ3) is 2.38. The van der Waals surface area contributed by atoms with Crippen molar-refractivity contribution in [2.45, 2.75) is 26.7 Å². The lowest BCUT2D eigenvalue weighted by molar-refractivity contribution is -0.128. The molecule has 0 aromatic carbocycles. The van der Waals surface area contributed by atoms with Crippen molar-refractivity contribution in [3.63, 3.8) is 0 Å². The molecule has 1 aliphatic rings. The lowest BCUT2D eigenvalue weighted by atomic mass is 9.87. The Balaban J connectivity index is 2.87. The predicted molar refractivity (Wildman–Crippen MR) is 51.3 cm³/mol. The minimum atomic E-state index is -0.495. The Labute approximate surface area is 78.3 Å². The highest BCUT2D eigenvalue weighted by molar-refractivity contribution is 6.03. The van der Waals surface area contributed by atoms with Crippen molar-refractivity contribution in [3.05, 3.63) is 23.8 Å². The first-order valence-corrected chi connectivity index (χ1v) is 4.49. The van der Waals surface area contributed by atoms with Crippen molar-refractivity contribution in [3.8, 4) is 0 Å². The molecule has 0 heterocycles. The third-order valence-corrected chi connectivity index (χ3v) is 2.23. The molecule has 0 saturated carbocycles. The summed E-state index contributed by atoms with van der Waals surface area (Å²) in [6.45, 7) is 2.95. The molecule has 2 nitrogen and oxygen atoms in total. The van der Waals surface area contributed by atoms with E-state index in [1.807, 2.05) is 18.2 Å². The number of rotatable bonds is 3. The lowest BCUT2D eigenvalue weighted by Gasteiger charge is -2.15. The maximum Gasteiger partial charge on any atom is 0.144 e. The number of ketones is 2. The molecule has 0 fully saturated rings. The second kappa shape index (κ2) is 4.17. The molecule has 0 atom stereocenters. The van der Waals surface area contributed by atoms with Crippen LogP contribution in [0.15, 0.2) is 23.8 Å². The molecule has 0 bridgehead atoms. The fourth-order valence-electron chi connectivity index (χ4n) is 1.67. The van der Waals surface area contributed by atoms with Crippen molar-refractivity contribution >= 4 is 11.6 Å². The quantitative estimate of drug-likeness (QED) is 0.620. The monoisotopic (exact) mass is 178 g/mol. The summed E-state index contributed by atoms with van der Waals surface area (Å²) in [5, 5.41) is 0. The van der Waals surface area contributed by atoms with Crippen LogP contribution in [0.1, 0.15) is 26.7 Å². The van der Waals surface area contributed by atoms with Gasteiger partial charge in [-0.1, -0.05) is 23.8 Å². The van der Waals surface area contributed by atoms with Crippen LogP contribution in [0.25, 0.3) is 0 Å². The van der Waals surface area contributed by atoms with Crippen LogP contribution < -0.4 is 0 Å². The van der Waals surface area contributed by atoms with E-state index in [0.717, 1.165) is 18.4 Å². The van der Waals surface area contributed by atoms with E-state index in [4.69, 9.17) is 0 Å². The minimum absolute atomic E-state index is 0.0472. The Bertz CT molecular complexity index is 270. The maximum atomic E-state index is 11.2. The van der Waals surface area contributed by atoms with Gasteiger partial charge in [-0.05, 0) is 26.7 Å². The Morgan fingerprint density at radius 2 is 1.92 bits per heavy atom. The van der Waals surface area contributed by atoms with Gasteiger partial charge in [-0.15, -0.1) is 0 Å². The highest BCUT2D eigenvalue weighted by Gasteiger charge is 2.23. The Hall–Kier alpha value is -1.18. The first-order valence-electron chi connectivity index (χ1n) is 4.49. The zero-order chi connectivity index (χ0) is 9.84. The molecule has 0 aromatic rings. The summed E-state index contributed by atoms with van der Waals surface area (Å²) in [4.78, 5) is 22.4. The van der Waals surface area contributed by atoms with Crippen LogP contribution in [0.4, 0.5) is 0 Å². The molecule has 0 radical (unpaired) electrons. The topological polar surface area (TPSA) is 34.1 Å². The summed E-state index contributed by atoms with van der Waals surface area (Å²) < 4.78 is 0. The molecule has 70 valence electrons. The second-order valence-corrected chi connectivity index (χ2v) is 3.36. The van der Waals surface area contributed by atoms with Gasteiger partial charge in [0.15, 0.2) is 0 Å². The van der Waals surface area contributed by atoms with Crippen molar-refractivity contribution in [1.82, 2.24) is 0 Å². The normalized spacial score (nSPS) is 15.8. The minimum Gasteiger partial charge on any atom is -0.299 e. The molecule has 0 unspecified atom stereocenters. The summed E-state index contributed by atoms with van der Waals surface area (Å²) in [5.41, 5.74) is 0.961. The highest BCUT2D eigenvalue weighted by atomic mass is 16.1. The first kappa shape index (κ1) is 9.90. The van der Waals surface area contributed by atoms with Gasteiger partial charge in [0.2, 0.25) is 0 Å². The fourth-order valence-corrected chi connectivity index (χ4v) is 1.67. The fraction of sp³-hybridized carbons (Fsp3) is 0.455. The van der Waals surface area contributed by atoms with E-state index in [1.165, 1.54) is 13.8 Å². The summed E-state index contributed by atoms with van der Waals surface area (Å²) >= 11 is 0. The van der Waals surface area contributed by atoms with E-state index in [-0.39, 0.29) is 11.6 Å². The predicted octanol–water partition coefficient (Wildman–Crippen LogP) is 2.06. The van der Waals surface area contributed by atoms with Crippen LogP contribution in [0, 0.1) is 5.92 Å². The van der Waals surface area contributed by atoms with Gasteiger partial charge >= 0.3 is 0 Å². The van der Waals surface area contributed by atoms with Gasteiger partial charge in [0.05, 0.1) is 5.92 Å². The van der Waals surface area contributed by atoms with Crippen molar-refractivity contribution in [2.24, 2.45) is 5.92 Å². The van der Waals surface area contributed by atoms with Crippen LogP contribution in [0.3, 0.4) is 0 Å². The summed E-state index contributed by atoms with van der Waals surface area (Å²) in [6.07, 6.45) is 7.61. The standard InChI is InChI=1S/C11H14O2/c1-8(12)11(9(2)13)10-6-4-3-5-7-10/h3-4,6,11H,5,7H2,1-2H3. The van der Waals surface area contributed by atoms with Gasteiger partial charge in [-0.25, -0.2) is 0 Å². The van der Waals surface area contributed by atoms with E-state index >= 15 is 0 Å². The highest BCUT2D eigenvalue weighted by Crippen LogP contribution is 2.22. The lowest BCUT2D eigenvalue weighted by Crippen LogP contribution is -2.22. The van der Waals surface area contributed by atoms with E-state index in [1.54, 1.807) is 0 Å². The van der Waals surface area contributed by atoms with Crippen molar-refractivity contribution in [2.75, 3.05) is 0 Å². The number of hydrogen-bond acceptors (Lipinski definition) is 2. The average Bonchev–Trinajstić information content (AvgIpc) is 2.04. The number of hydrogen-bond donors (Lipinski definition) is 0. The van der Waals surface area contributed by atoms with Crippen LogP contribution in [0.5, 0.6) is 0 Å². The molecule has 1 rings (SSSR count). The van der Waals surface area contributed by atoms with Gasteiger partial charge in [0.1, 0.15) is 11.6 Å². The van der Waals surface area contributed by atoms with E-state index < -0.39 is 5.92 Å². The first-order chi connectivity index (χ1) is 6.13. The third-order valence-electron chi connectivity index (χ3n) is 2.23. The van der Waals surface area contributed by atoms with E-state index in [2.05, 4.69) is 0 Å². The SMILES string of the molecule is CC(=O)C(C(C)=O)C1=CC=CCC1. The van der Waals surface area contributed by atoms with Gasteiger partial charge < -0.3 is 0 Å². The zero-order valence-corrected chi connectivity index (χ0v) is 8.04. The Morgan fingerprint density at radius 3 is 2.31 bits per heavy atom. The number of allylic oxidation sites excluding steroid dienone is 4. The van der Waals surface area contributed by atoms with Crippen molar-refractivity contribution in [1.29, 1.82) is 0 Å². The van der Waals surface area contributed by atoms with Gasteiger partial charge in [0, 0.05) is 0 Å². The van der Waals surface area contributed by atoms with Crippen LogP contribution in [-0.4, -0.2) is 11.6 Å². The van der Waals surface area contributed by atoms with Gasteiger partial charge in [-0.2, -0.15) is 0 Å². The molecule has 2 heteroatoms. The van der Waals surface area contributed by atoms with E-state index in [9.17, 15) is 9.59 Å². The molecule has 13 heavy (non-hydrogen) atoms. The number of carbonyl (C=O) groups excluding carboxylic acids is 2. The maximum absolute atomic E-state index is 11.2. The summed E-state index contributed by atoms with van der Waals surface area (Å²) in [5.74, 6) is -0.590. The number of Topliss-reactive ketones (excluding diaryl/α,β-unsaturated/α-hetero) is 2. The second-order valence-electron chi connectivity index (χ2n) is 3.36. The molecule has 1 aliphatic carbocycles. The molecule has 0 amide bonds. The summed E-state index contributed by atoms with van der Waals surface area (Å²) in [6, 6.07) is 0. The number of carbonyl (C=O) groups is 2. The van der Waals surface area contributed by atoms with Gasteiger partial charge in [0.25, 0.3) is 0 Å². The molecular formula is C11H14O2. The van der Waals surface area contributed by atoms with Crippen LogP contribution in [0.2, 0.25) is 0 Å². The molecule has 0 N–H and O–H groups in total. The Kier molecular flexibility index (Phi) is 3.18. The molecule has 0 aliphatic heterocycles. The zero-order valence-electron chi connectivity index (χ0n) is 8.04.